The van der Waals surface area contributed by atoms with Crippen molar-refractivity contribution >= 4 is 40.0 Å². The van der Waals surface area contributed by atoms with Crippen molar-refractivity contribution in [2.24, 2.45) is 0 Å². The fourth-order valence-electron chi connectivity index (χ4n) is 3.48. The first-order chi connectivity index (χ1) is 15.3. The van der Waals surface area contributed by atoms with E-state index in [1.807, 2.05) is 13.0 Å². The Morgan fingerprint density at radius 2 is 1.75 bits per heavy atom. The number of aromatic nitrogens is 2. The molecule has 0 aliphatic rings. The second kappa shape index (κ2) is 8.77. The molecule has 0 aliphatic heterocycles. The van der Waals surface area contributed by atoms with Crippen molar-refractivity contribution in [1.29, 1.82) is 0 Å². The van der Waals surface area contributed by atoms with Gasteiger partial charge in [-0.25, -0.2) is 4.98 Å². The Morgan fingerprint density at radius 3 is 2.50 bits per heavy atom. The number of carbonyl (C=O) groups excluding carboxylic acids is 2. The summed E-state index contributed by atoms with van der Waals surface area (Å²) in [5, 5.41) is 3.53. The van der Waals surface area contributed by atoms with E-state index in [0.717, 1.165) is 5.56 Å². The summed E-state index contributed by atoms with van der Waals surface area (Å²) in [5.74, 6) is -0.766. The minimum absolute atomic E-state index is 0.0178. The standard InChI is InChI=1S/C25H20ClN3O3/c1-15-7-6-10-20(22(15)26)28-21(30)14-29-13-19(23(31)17-8-4-3-5-9-17)24(32)18-12-11-16(2)27-25(18)29/h3-13H,14H2,1-2H3,(H,28,30). The molecule has 0 saturated carbocycles. The number of hydrogen-bond acceptors (Lipinski definition) is 4. The molecule has 2 aromatic heterocycles. The Balaban J connectivity index is 1.77. The number of ketones is 1. The highest BCUT2D eigenvalue weighted by Gasteiger charge is 2.19. The smallest absolute Gasteiger partial charge is 0.244 e. The molecule has 0 radical (unpaired) electrons. The lowest BCUT2D eigenvalue weighted by molar-refractivity contribution is -0.116. The first-order valence-corrected chi connectivity index (χ1v) is 10.4. The molecular weight excluding hydrogens is 426 g/mol. The van der Waals surface area contributed by atoms with Crippen molar-refractivity contribution in [3.8, 4) is 0 Å². The lowest BCUT2D eigenvalue weighted by Gasteiger charge is -2.14. The summed E-state index contributed by atoms with van der Waals surface area (Å²) in [7, 11) is 0. The van der Waals surface area contributed by atoms with E-state index in [-0.39, 0.29) is 23.4 Å². The molecule has 0 saturated heterocycles. The summed E-state index contributed by atoms with van der Waals surface area (Å²) >= 11 is 6.29. The number of aryl methyl sites for hydroxylation is 2. The quantitative estimate of drug-likeness (QED) is 0.457. The highest BCUT2D eigenvalue weighted by molar-refractivity contribution is 6.34. The van der Waals surface area contributed by atoms with E-state index in [9.17, 15) is 14.4 Å². The molecule has 0 unspecified atom stereocenters. The lowest BCUT2D eigenvalue weighted by atomic mass is 10.0. The van der Waals surface area contributed by atoms with Gasteiger partial charge < -0.3 is 9.88 Å². The predicted octanol–water partition coefficient (Wildman–Crippen LogP) is 4.54. The maximum absolute atomic E-state index is 13.1. The monoisotopic (exact) mass is 445 g/mol. The van der Waals surface area contributed by atoms with E-state index >= 15 is 0 Å². The van der Waals surface area contributed by atoms with Crippen molar-refractivity contribution < 1.29 is 9.59 Å². The number of anilines is 1. The van der Waals surface area contributed by atoms with Crippen LogP contribution in [0.5, 0.6) is 0 Å². The first-order valence-electron chi connectivity index (χ1n) is 10.0. The Kier molecular flexibility index (Phi) is 5.88. The summed E-state index contributed by atoms with van der Waals surface area (Å²) in [4.78, 5) is 43.4. The normalized spacial score (nSPS) is 10.8. The third-order valence-electron chi connectivity index (χ3n) is 5.12. The number of hydrogen-bond donors (Lipinski definition) is 1. The summed E-state index contributed by atoms with van der Waals surface area (Å²) in [6.07, 6.45) is 1.41. The molecule has 2 aromatic carbocycles. The van der Waals surface area contributed by atoms with Gasteiger partial charge in [0.1, 0.15) is 12.2 Å². The maximum atomic E-state index is 13.1. The van der Waals surface area contributed by atoms with Crippen LogP contribution >= 0.6 is 11.6 Å². The largest absolute Gasteiger partial charge is 0.323 e. The van der Waals surface area contributed by atoms with Crippen LogP contribution in [0.4, 0.5) is 5.69 Å². The predicted molar refractivity (Wildman–Crippen MR) is 125 cm³/mol. The first kappa shape index (κ1) is 21.5. The number of pyridine rings is 2. The molecule has 4 aromatic rings. The lowest BCUT2D eigenvalue weighted by Crippen LogP contribution is -2.25. The Morgan fingerprint density at radius 1 is 1.00 bits per heavy atom. The molecule has 160 valence electrons. The van der Waals surface area contributed by atoms with Gasteiger partial charge in [0.25, 0.3) is 0 Å². The number of benzene rings is 2. The van der Waals surface area contributed by atoms with Gasteiger partial charge >= 0.3 is 0 Å². The molecule has 0 fully saturated rings. The van der Waals surface area contributed by atoms with Gasteiger partial charge in [0.05, 0.1) is 21.7 Å². The highest BCUT2D eigenvalue weighted by Crippen LogP contribution is 2.25. The SMILES string of the molecule is Cc1ccc2c(=O)c(C(=O)c3ccccc3)cn(CC(=O)Nc3cccc(C)c3Cl)c2n1. The number of halogens is 1. The van der Waals surface area contributed by atoms with Gasteiger partial charge in [0, 0.05) is 17.5 Å². The van der Waals surface area contributed by atoms with Crippen LogP contribution in [0.15, 0.2) is 71.7 Å². The van der Waals surface area contributed by atoms with Crippen molar-refractivity contribution in [2.45, 2.75) is 20.4 Å². The molecule has 1 N–H and O–H groups in total. The Labute approximate surface area is 189 Å². The highest BCUT2D eigenvalue weighted by atomic mass is 35.5. The fraction of sp³-hybridized carbons (Fsp3) is 0.120. The van der Waals surface area contributed by atoms with Crippen LogP contribution in [0.2, 0.25) is 5.02 Å². The van der Waals surface area contributed by atoms with E-state index in [1.54, 1.807) is 61.5 Å². The van der Waals surface area contributed by atoms with Crippen molar-refractivity contribution in [3.05, 3.63) is 104 Å². The maximum Gasteiger partial charge on any atom is 0.244 e. The third-order valence-corrected chi connectivity index (χ3v) is 5.62. The molecule has 0 bridgehead atoms. The molecule has 0 spiro atoms. The molecular formula is C25H20ClN3O3. The van der Waals surface area contributed by atoms with E-state index in [4.69, 9.17) is 11.6 Å². The molecule has 0 atom stereocenters. The van der Waals surface area contributed by atoms with E-state index in [1.165, 1.54) is 10.8 Å². The van der Waals surface area contributed by atoms with Gasteiger partial charge in [0.15, 0.2) is 5.78 Å². The van der Waals surface area contributed by atoms with E-state index in [0.29, 0.717) is 27.6 Å². The van der Waals surface area contributed by atoms with Gasteiger partial charge in [-0.15, -0.1) is 0 Å². The topological polar surface area (TPSA) is 81.1 Å². The zero-order valence-corrected chi connectivity index (χ0v) is 18.3. The molecule has 2 heterocycles. The summed E-state index contributed by atoms with van der Waals surface area (Å²) in [6, 6.07) is 17.3. The van der Waals surface area contributed by atoms with Gasteiger partial charge in [-0.3, -0.25) is 14.4 Å². The third kappa shape index (κ3) is 4.18. The zero-order chi connectivity index (χ0) is 22.8. The number of carbonyl (C=O) groups is 2. The summed E-state index contributed by atoms with van der Waals surface area (Å²) < 4.78 is 1.53. The van der Waals surface area contributed by atoms with Crippen molar-refractivity contribution in [3.63, 3.8) is 0 Å². The van der Waals surface area contributed by atoms with Crippen LogP contribution in [0.25, 0.3) is 11.0 Å². The second-order valence-corrected chi connectivity index (χ2v) is 7.88. The minimum atomic E-state index is -0.417. The molecule has 32 heavy (non-hydrogen) atoms. The van der Waals surface area contributed by atoms with Crippen molar-refractivity contribution in [1.82, 2.24) is 9.55 Å². The number of nitrogens with zero attached hydrogens (tertiary/aromatic N) is 2. The average molecular weight is 446 g/mol. The number of nitrogens with one attached hydrogen (secondary N) is 1. The van der Waals surface area contributed by atoms with Gasteiger partial charge in [-0.2, -0.15) is 0 Å². The van der Waals surface area contributed by atoms with Crippen LogP contribution < -0.4 is 10.7 Å². The van der Waals surface area contributed by atoms with Crippen molar-refractivity contribution in [2.75, 3.05) is 5.32 Å². The average Bonchev–Trinajstić information content (AvgIpc) is 2.79. The molecule has 0 aliphatic carbocycles. The van der Waals surface area contributed by atoms with E-state index < -0.39 is 11.2 Å². The fourth-order valence-corrected chi connectivity index (χ4v) is 3.65. The minimum Gasteiger partial charge on any atom is -0.323 e. The molecule has 4 rings (SSSR count). The molecule has 6 nitrogen and oxygen atoms in total. The van der Waals surface area contributed by atoms with E-state index in [2.05, 4.69) is 10.3 Å². The van der Waals surface area contributed by atoms with Crippen LogP contribution in [0, 0.1) is 13.8 Å². The number of fused-ring (bicyclic) bond motifs is 1. The number of rotatable bonds is 5. The summed E-state index contributed by atoms with van der Waals surface area (Å²) in [5.41, 5.74) is 2.32. The van der Waals surface area contributed by atoms with Gasteiger partial charge in [-0.1, -0.05) is 54.1 Å². The van der Waals surface area contributed by atoms with Gasteiger partial charge in [-0.05, 0) is 37.6 Å². The summed E-state index contributed by atoms with van der Waals surface area (Å²) in [6.45, 7) is 3.50. The van der Waals surface area contributed by atoms with Crippen LogP contribution in [0.3, 0.4) is 0 Å². The molecule has 7 heteroatoms. The van der Waals surface area contributed by atoms with Crippen LogP contribution in [-0.4, -0.2) is 21.2 Å². The van der Waals surface area contributed by atoms with Gasteiger partial charge in [0.2, 0.25) is 11.3 Å². The zero-order valence-electron chi connectivity index (χ0n) is 17.6. The molecule has 1 amide bonds. The number of amides is 1. The van der Waals surface area contributed by atoms with Crippen LogP contribution in [0.1, 0.15) is 27.2 Å². The van der Waals surface area contributed by atoms with Crippen LogP contribution in [-0.2, 0) is 11.3 Å². The Hall–Kier alpha value is -3.77. The second-order valence-electron chi connectivity index (χ2n) is 7.50. The Bertz CT molecular complexity index is 1410.